The van der Waals surface area contributed by atoms with Crippen molar-refractivity contribution < 1.29 is 26.7 Å². The Bertz CT molecular complexity index is 882. The van der Waals surface area contributed by atoms with Gasteiger partial charge in [-0.15, -0.1) is 11.3 Å². The second-order valence-electron chi connectivity index (χ2n) is 7.50. The molecule has 1 saturated carbocycles. The van der Waals surface area contributed by atoms with Crippen molar-refractivity contribution in [2.45, 2.75) is 56.4 Å². The van der Waals surface area contributed by atoms with Crippen LogP contribution in [0.5, 0.6) is 0 Å². The van der Waals surface area contributed by atoms with Gasteiger partial charge in [-0.1, -0.05) is 44.2 Å². The molecule has 30 heavy (non-hydrogen) atoms. The summed E-state index contributed by atoms with van der Waals surface area (Å²) in [5.41, 5.74) is -0.976. The molecule has 1 heterocycles. The Kier molecular flexibility index (Phi) is 7.65. The van der Waals surface area contributed by atoms with E-state index in [1.807, 2.05) is 0 Å². The van der Waals surface area contributed by atoms with E-state index in [0.717, 1.165) is 38.2 Å². The number of rotatable bonds is 7. The average molecular weight is 461 g/mol. The molecule has 1 aromatic heterocycles. The number of thiazole rings is 1. The first-order valence-electron chi connectivity index (χ1n) is 9.72. The van der Waals surface area contributed by atoms with E-state index in [0.29, 0.717) is 11.6 Å². The van der Waals surface area contributed by atoms with Gasteiger partial charge in [0.25, 0.3) is 0 Å². The molecule has 1 aromatic carbocycles. The van der Waals surface area contributed by atoms with Crippen molar-refractivity contribution in [3.8, 4) is 0 Å². The lowest BCUT2D eigenvalue weighted by atomic mass is 9.80. The third kappa shape index (κ3) is 6.12. The van der Waals surface area contributed by atoms with Crippen LogP contribution in [0.25, 0.3) is 0 Å². The van der Waals surface area contributed by atoms with Crippen LogP contribution in [0.4, 0.5) is 18.3 Å². The zero-order chi connectivity index (χ0) is 21.7. The topological polar surface area (TPSA) is 79.3 Å². The highest BCUT2D eigenvalue weighted by Gasteiger charge is 2.35. The van der Waals surface area contributed by atoms with Gasteiger partial charge in [0, 0.05) is 11.6 Å². The van der Waals surface area contributed by atoms with E-state index in [9.17, 15) is 22.2 Å². The molecule has 0 spiro atoms. The summed E-state index contributed by atoms with van der Waals surface area (Å²) in [7, 11) is 0. The zero-order valence-electron chi connectivity index (χ0n) is 16.2. The van der Waals surface area contributed by atoms with Gasteiger partial charge in [-0.25, -0.2) is 9.19 Å². The lowest BCUT2D eigenvalue weighted by molar-refractivity contribution is -0.138. The molecule has 1 aliphatic rings. The van der Waals surface area contributed by atoms with Gasteiger partial charge in [-0.3, -0.25) is 4.79 Å². The summed E-state index contributed by atoms with van der Waals surface area (Å²) in [6.45, 7) is 0. The van der Waals surface area contributed by atoms with Crippen LogP contribution in [0.1, 0.15) is 61.1 Å². The Morgan fingerprint density at radius 2 is 2.03 bits per heavy atom. The fraction of sp³-hybridized carbons (Fsp3) is 0.500. The molecule has 164 valence electrons. The summed E-state index contributed by atoms with van der Waals surface area (Å²) in [4.78, 5) is 17.0. The van der Waals surface area contributed by atoms with Crippen molar-refractivity contribution in [2.24, 2.45) is 5.92 Å². The number of nitrogens with zero attached hydrogens (tertiary/aromatic N) is 1. The minimum atomic E-state index is -4.69. The standard InChI is InChI=1S/C20H23F3N2O3S2/c21-20(22,23)17-11-14(6-7-15(17)12-30(27)28)16(10-13-4-2-1-3-5-13)18(26)25-19-24-8-9-29-19/h6-9,11,13,16H,1-5,10,12H2,(H,27,28)(H,24,25,26). The Labute approximate surface area is 179 Å². The van der Waals surface area contributed by atoms with E-state index in [2.05, 4.69) is 10.3 Å². The van der Waals surface area contributed by atoms with Crippen molar-refractivity contribution in [3.63, 3.8) is 0 Å². The van der Waals surface area contributed by atoms with Crippen molar-refractivity contribution >= 4 is 33.5 Å². The monoisotopic (exact) mass is 460 g/mol. The summed E-state index contributed by atoms with van der Waals surface area (Å²) in [5, 5.41) is 4.82. The van der Waals surface area contributed by atoms with E-state index < -0.39 is 34.5 Å². The number of halogens is 3. The number of anilines is 1. The SMILES string of the molecule is O=C(Nc1nccs1)C(CC1CCCCC1)c1ccc(CS(=O)O)c(C(F)(F)F)c1. The molecule has 1 aliphatic carbocycles. The lowest BCUT2D eigenvalue weighted by Gasteiger charge is -2.27. The number of alkyl halides is 3. The molecule has 3 rings (SSSR count). The predicted molar refractivity (Wildman–Crippen MR) is 111 cm³/mol. The van der Waals surface area contributed by atoms with Gasteiger partial charge in [0.15, 0.2) is 16.2 Å². The number of hydrogen-bond acceptors (Lipinski definition) is 4. The smallest absolute Gasteiger partial charge is 0.306 e. The van der Waals surface area contributed by atoms with Crippen LogP contribution < -0.4 is 5.32 Å². The third-order valence-electron chi connectivity index (χ3n) is 5.39. The normalized spacial score (nSPS) is 17.5. The van der Waals surface area contributed by atoms with Crippen LogP contribution in [0.2, 0.25) is 0 Å². The number of benzene rings is 1. The molecule has 2 atom stereocenters. The van der Waals surface area contributed by atoms with Crippen LogP contribution in [0.15, 0.2) is 29.8 Å². The minimum absolute atomic E-state index is 0.259. The van der Waals surface area contributed by atoms with Crippen LogP contribution >= 0.6 is 11.3 Å². The van der Waals surface area contributed by atoms with Gasteiger partial charge in [-0.05, 0) is 29.5 Å². The van der Waals surface area contributed by atoms with Crippen LogP contribution in [-0.2, 0) is 27.8 Å². The van der Waals surface area contributed by atoms with Gasteiger partial charge < -0.3 is 9.87 Å². The number of aromatic nitrogens is 1. The Morgan fingerprint density at radius 1 is 1.30 bits per heavy atom. The van der Waals surface area contributed by atoms with E-state index in [1.165, 1.54) is 23.5 Å². The van der Waals surface area contributed by atoms with Crippen molar-refractivity contribution in [1.82, 2.24) is 4.98 Å². The van der Waals surface area contributed by atoms with E-state index in [-0.39, 0.29) is 23.0 Å². The van der Waals surface area contributed by atoms with E-state index in [4.69, 9.17) is 4.55 Å². The third-order valence-corrected chi connectivity index (χ3v) is 6.64. The summed E-state index contributed by atoms with van der Waals surface area (Å²) in [6, 6.07) is 3.63. The molecule has 0 saturated heterocycles. The molecule has 0 aliphatic heterocycles. The van der Waals surface area contributed by atoms with Crippen molar-refractivity contribution in [3.05, 3.63) is 46.5 Å². The maximum absolute atomic E-state index is 13.6. The number of carbonyl (C=O) groups excluding carboxylic acids is 1. The molecular weight excluding hydrogens is 437 g/mol. The van der Waals surface area contributed by atoms with Crippen molar-refractivity contribution in [2.75, 3.05) is 5.32 Å². The minimum Gasteiger partial charge on any atom is -0.306 e. The molecule has 2 unspecified atom stereocenters. The molecule has 1 amide bonds. The molecule has 0 bridgehead atoms. The molecule has 2 aromatic rings. The Balaban J connectivity index is 1.94. The van der Waals surface area contributed by atoms with Gasteiger partial charge in [0.2, 0.25) is 5.91 Å². The molecule has 10 heteroatoms. The first-order valence-corrected chi connectivity index (χ1v) is 11.9. The maximum Gasteiger partial charge on any atom is 0.416 e. The summed E-state index contributed by atoms with van der Waals surface area (Å²) >= 11 is -1.16. The summed E-state index contributed by atoms with van der Waals surface area (Å²) in [5.74, 6) is -1.49. The number of hydrogen-bond donors (Lipinski definition) is 2. The highest BCUT2D eigenvalue weighted by atomic mass is 32.2. The van der Waals surface area contributed by atoms with Gasteiger partial charge in [0.1, 0.15) is 0 Å². The van der Waals surface area contributed by atoms with Crippen molar-refractivity contribution in [1.29, 1.82) is 0 Å². The number of nitrogens with one attached hydrogen (secondary N) is 1. The van der Waals surface area contributed by atoms with E-state index in [1.54, 1.807) is 11.6 Å². The lowest BCUT2D eigenvalue weighted by Crippen LogP contribution is -2.25. The molecule has 2 N–H and O–H groups in total. The fourth-order valence-corrected chi connectivity index (χ4v) is 5.01. The first kappa shape index (κ1) is 22.9. The highest BCUT2D eigenvalue weighted by molar-refractivity contribution is 7.78. The van der Waals surface area contributed by atoms with Gasteiger partial charge >= 0.3 is 6.18 Å². The van der Waals surface area contributed by atoms with Crippen LogP contribution in [0, 0.1) is 5.92 Å². The summed E-state index contributed by atoms with van der Waals surface area (Å²) < 4.78 is 61.0. The molecule has 5 nitrogen and oxygen atoms in total. The number of amides is 1. The number of carbonyl (C=O) groups is 1. The summed E-state index contributed by atoms with van der Waals surface area (Å²) in [6.07, 6.45) is 2.47. The average Bonchev–Trinajstić information content (AvgIpc) is 3.19. The quantitative estimate of drug-likeness (QED) is 0.529. The molecule has 1 fully saturated rings. The highest BCUT2D eigenvalue weighted by Crippen LogP contribution is 2.38. The second-order valence-corrected chi connectivity index (χ2v) is 9.33. The predicted octanol–water partition coefficient (Wildman–Crippen LogP) is 5.58. The van der Waals surface area contributed by atoms with Crippen LogP contribution in [0.3, 0.4) is 0 Å². The molecule has 0 radical (unpaired) electrons. The second kappa shape index (κ2) is 10.0. The first-order chi connectivity index (χ1) is 14.2. The fourth-order valence-electron chi connectivity index (χ4n) is 3.96. The van der Waals surface area contributed by atoms with E-state index >= 15 is 0 Å². The van der Waals surface area contributed by atoms with Crippen LogP contribution in [-0.4, -0.2) is 19.7 Å². The van der Waals surface area contributed by atoms with Gasteiger partial charge in [-0.2, -0.15) is 13.2 Å². The zero-order valence-corrected chi connectivity index (χ0v) is 17.8. The Morgan fingerprint density at radius 3 is 2.63 bits per heavy atom. The molecular formula is C20H23F3N2O3S2. The maximum atomic E-state index is 13.6. The largest absolute Gasteiger partial charge is 0.416 e. The Hall–Kier alpha value is -1.78. The van der Waals surface area contributed by atoms with Gasteiger partial charge in [0.05, 0.1) is 17.2 Å².